The van der Waals surface area contributed by atoms with Gasteiger partial charge in [0.1, 0.15) is 5.60 Å². The molecule has 0 atom stereocenters. The van der Waals surface area contributed by atoms with Gasteiger partial charge in [0.05, 0.1) is 11.4 Å². The van der Waals surface area contributed by atoms with E-state index >= 15 is 0 Å². The number of nitrogens with zero attached hydrogens (tertiary/aromatic N) is 3. The molecule has 1 fully saturated rings. The second-order valence-corrected chi connectivity index (χ2v) is 14.3. The lowest BCUT2D eigenvalue weighted by molar-refractivity contribution is 0.0223. The number of rotatable bonds is 4. The molecule has 3 heterocycles. The van der Waals surface area contributed by atoms with E-state index in [0.29, 0.717) is 42.4 Å². The highest BCUT2D eigenvalue weighted by atomic mass is 32.2. The van der Waals surface area contributed by atoms with Crippen LogP contribution in [-0.4, -0.2) is 66.3 Å². The van der Waals surface area contributed by atoms with Crippen molar-refractivity contribution in [1.29, 1.82) is 0 Å². The van der Waals surface area contributed by atoms with E-state index in [2.05, 4.69) is 11.5 Å². The number of fused-ring (bicyclic) bond motifs is 3. The lowest BCUT2D eigenvalue weighted by Crippen LogP contribution is -2.40. The van der Waals surface area contributed by atoms with Crippen LogP contribution in [0.2, 0.25) is 0 Å². The molecule has 0 spiro atoms. The van der Waals surface area contributed by atoms with Crippen molar-refractivity contribution in [1.82, 2.24) is 14.4 Å². The minimum atomic E-state index is -3.28. The number of benzene rings is 2. The van der Waals surface area contributed by atoms with Gasteiger partial charge in [-0.15, -0.1) is 0 Å². The molecule has 2 aliphatic rings. The number of hydrogen-bond donors (Lipinski definition) is 0. The Morgan fingerprint density at radius 2 is 1.65 bits per heavy atom. The predicted octanol–water partition coefficient (Wildman–Crippen LogP) is 5.26. The third-order valence-electron chi connectivity index (χ3n) is 7.92. The van der Waals surface area contributed by atoms with E-state index in [4.69, 9.17) is 4.74 Å². The Kier molecular flexibility index (Phi) is 7.46. The Morgan fingerprint density at radius 1 is 0.975 bits per heavy atom. The van der Waals surface area contributed by atoms with Crippen molar-refractivity contribution >= 4 is 32.7 Å². The van der Waals surface area contributed by atoms with Gasteiger partial charge in [-0.25, -0.2) is 13.2 Å². The molecular weight excluding hydrogens is 526 g/mol. The zero-order chi connectivity index (χ0) is 28.8. The summed E-state index contributed by atoms with van der Waals surface area (Å²) in [7, 11) is -3.28. The molecule has 0 saturated carbocycles. The van der Waals surface area contributed by atoms with Gasteiger partial charge in [0.2, 0.25) is 0 Å². The smallest absolute Gasteiger partial charge is 0.410 e. The van der Waals surface area contributed by atoms with E-state index in [1.807, 2.05) is 56.0 Å². The van der Waals surface area contributed by atoms with Crippen LogP contribution in [0.15, 0.2) is 47.4 Å². The Balaban J connectivity index is 1.53. The first-order chi connectivity index (χ1) is 18.8. The second-order valence-electron chi connectivity index (χ2n) is 12.3. The van der Waals surface area contributed by atoms with Crippen LogP contribution >= 0.6 is 0 Å². The molecule has 214 valence electrons. The van der Waals surface area contributed by atoms with Crippen molar-refractivity contribution in [2.24, 2.45) is 5.92 Å². The number of ether oxygens (including phenoxy) is 1. The molecule has 40 heavy (non-hydrogen) atoms. The van der Waals surface area contributed by atoms with Crippen LogP contribution in [-0.2, 0) is 34.1 Å². The van der Waals surface area contributed by atoms with Crippen LogP contribution in [0.5, 0.6) is 0 Å². The van der Waals surface area contributed by atoms with E-state index in [0.717, 1.165) is 53.7 Å². The van der Waals surface area contributed by atoms with Crippen molar-refractivity contribution in [3.8, 4) is 0 Å². The van der Waals surface area contributed by atoms with E-state index in [1.54, 1.807) is 17.0 Å². The highest BCUT2D eigenvalue weighted by molar-refractivity contribution is 7.90. The first-order valence-electron chi connectivity index (χ1n) is 14.0. The molecular formula is C31H39N3O5S. The highest BCUT2D eigenvalue weighted by Gasteiger charge is 2.30. The van der Waals surface area contributed by atoms with Crippen LogP contribution in [0.3, 0.4) is 0 Å². The van der Waals surface area contributed by atoms with E-state index in [1.165, 1.54) is 6.26 Å². The molecule has 0 unspecified atom stereocenters. The van der Waals surface area contributed by atoms with Gasteiger partial charge in [-0.2, -0.15) is 0 Å². The summed E-state index contributed by atoms with van der Waals surface area (Å²) < 4.78 is 31.8. The van der Waals surface area contributed by atoms with Gasteiger partial charge >= 0.3 is 6.09 Å². The third-order valence-corrected chi connectivity index (χ3v) is 9.04. The number of aromatic nitrogens is 1. The molecule has 2 amide bonds. The van der Waals surface area contributed by atoms with Crippen molar-refractivity contribution in [2.75, 3.05) is 25.9 Å². The van der Waals surface area contributed by atoms with Crippen molar-refractivity contribution in [3.05, 3.63) is 64.8 Å². The van der Waals surface area contributed by atoms with E-state index < -0.39 is 15.4 Å². The second kappa shape index (κ2) is 10.6. The molecule has 0 bridgehead atoms. The molecule has 2 aliphatic heterocycles. The van der Waals surface area contributed by atoms with Gasteiger partial charge in [0, 0.05) is 66.6 Å². The summed E-state index contributed by atoms with van der Waals surface area (Å²) in [5.74, 6) is 0.685. The molecule has 0 N–H and O–H groups in total. The normalized spacial score (nSPS) is 16.7. The summed E-state index contributed by atoms with van der Waals surface area (Å²) >= 11 is 0. The molecule has 5 rings (SSSR count). The predicted molar refractivity (Wildman–Crippen MR) is 155 cm³/mol. The van der Waals surface area contributed by atoms with Crippen LogP contribution < -0.4 is 0 Å². The standard InChI is InChI=1S/C31H39N3O5S/c1-21-12-15-32(16-13-21)29(35)23-8-11-27-25(18-23)26-20-33(30(36)39-31(2,3)4)17-14-28(26)34(27)19-22-6-9-24(10-7-22)40(5,37)38/h6-11,18,21H,12-17,19-20H2,1-5H3. The summed E-state index contributed by atoms with van der Waals surface area (Å²) in [6.07, 6.45) is 3.55. The fraction of sp³-hybridized carbons (Fsp3) is 0.484. The maximum Gasteiger partial charge on any atom is 0.410 e. The fourth-order valence-corrected chi connectivity index (χ4v) is 6.30. The average Bonchev–Trinajstić information content (AvgIpc) is 3.19. The summed E-state index contributed by atoms with van der Waals surface area (Å²) in [6.45, 7) is 10.8. The highest BCUT2D eigenvalue weighted by Crippen LogP contribution is 2.34. The number of amides is 2. The van der Waals surface area contributed by atoms with Gasteiger partial charge in [0.15, 0.2) is 9.84 Å². The fourth-order valence-electron chi connectivity index (χ4n) is 5.66. The number of carbonyl (C=O) groups is 2. The minimum Gasteiger partial charge on any atom is -0.444 e. The van der Waals surface area contributed by atoms with Crippen molar-refractivity contribution < 1.29 is 22.7 Å². The number of sulfone groups is 1. The summed E-state index contributed by atoms with van der Waals surface area (Å²) in [5, 5.41) is 0.965. The topological polar surface area (TPSA) is 88.9 Å². The first-order valence-corrected chi connectivity index (χ1v) is 15.9. The Hall–Kier alpha value is -3.33. The molecule has 0 aliphatic carbocycles. The Labute approximate surface area is 236 Å². The molecule has 9 heteroatoms. The lowest BCUT2D eigenvalue weighted by atomic mass is 9.98. The maximum absolute atomic E-state index is 13.4. The quantitative estimate of drug-likeness (QED) is 0.431. The van der Waals surface area contributed by atoms with E-state index in [-0.39, 0.29) is 12.0 Å². The van der Waals surface area contributed by atoms with Crippen LogP contribution in [0.1, 0.15) is 67.7 Å². The minimum absolute atomic E-state index is 0.0477. The van der Waals surface area contributed by atoms with Crippen LogP contribution in [0.4, 0.5) is 4.79 Å². The lowest BCUT2D eigenvalue weighted by Gasteiger charge is -2.31. The van der Waals surface area contributed by atoms with Crippen molar-refractivity contribution in [2.45, 2.75) is 70.5 Å². The average molecular weight is 566 g/mol. The number of carbonyl (C=O) groups excluding carboxylic acids is 2. The Bertz CT molecular complexity index is 1540. The molecule has 1 saturated heterocycles. The van der Waals surface area contributed by atoms with Gasteiger partial charge in [-0.3, -0.25) is 4.79 Å². The molecule has 8 nitrogen and oxygen atoms in total. The maximum atomic E-state index is 13.4. The summed E-state index contributed by atoms with van der Waals surface area (Å²) in [5.41, 5.74) is 4.19. The SMILES string of the molecule is CC1CCN(C(=O)c2ccc3c(c2)c2c(n3Cc3ccc(S(C)(=O)=O)cc3)CCN(C(=O)OC(C)(C)C)C2)CC1. The van der Waals surface area contributed by atoms with Gasteiger partial charge in [-0.1, -0.05) is 19.1 Å². The molecule has 2 aromatic carbocycles. The number of likely N-dealkylation sites (tertiary alicyclic amines) is 1. The van der Waals surface area contributed by atoms with Gasteiger partial charge in [0.25, 0.3) is 5.91 Å². The zero-order valence-corrected chi connectivity index (χ0v) is 24.9. The van der Waals surface area contributed by atoms with Crippen LogP contribution in [0.25, 0.3) is 10.9 Å². The largest absolute Gasteiger partial charge is 0.444 e. The molecule has 3 aromatic rings. The van der Waals surface area contributed by atoms with E-state index in [9.17, 15) is 18.0 Å². The number of hydrogen-bond acceptors (Lipinski definition) is 5. The third kappa shape index (κ3) is 5.89. The first kappa shape index (κ1) is 28.2. The van der Waals surface area contributed by atoms with Crippen molar-refractivity contribution in [3.63, 3.8) is 0 Å². The van der Waals surface area contributed by atoms with Gasteiger partial charge < -0.3 is 19.1 Å². The summed E-state index contributed by atoms with van der Waals surface area (Å²) in [4.78, 5) is 30.4. The molecule has 1 aromatic heterocycles. The zero-order valence-electron chi connectivity index (χ0n) is 24.1. The Morgan fingerprint density at radius 3 is 2.27 bits per heavy atom. The van der Waals surface area contributed by atoms with Gasteiger partial charge in [-0.05, 0) is 75.4 Å². The number of piperidine rings is 1. The van der Waals surface area contributed by atoms with Crippen LogP contribution in [0, 0.1) is 5.92 Å². The monoisotopic (exact) mass is 565 g/mol. The molecule has 0 radical (unpaired) electrons. The summed E-state index contributed by atoms with van der Waals surface area (Å²) in [6, 6.07) is 12.9.